The van der Waals surface area contributed by atoms with Crippen molar-refractivity contribution in [1.29, 1.82) is 0 Å². The minimum atomic E-state index is -0.517. The van der Waals surface area contributed by atoms with Crippen LogP contribution in [0.5, 0.6) is 0 Å². The minimum absolute atomic E-state index is 0.281. The average Bonchev–Trinajstić information content (AvgIpc) is 2.82. The van der Waals surface area contributed by atoms with Crippen LogP contribution in [0.1, 0.15) is 78.0 Å². The second kappa shape index (κ2) is 7.99. The number of carbonyl (C=O) groups is 3. The highest BCUT2D eigenvalue weighted by molar-refractivity contribution is 6.22. The molecule has 1 aromatic rings. The number of hydrogen-bond donors (Lipinski definition) is 2. The van der Waals surface area contributed by atoms with E-state index in [0.717, 1.165) is 19.3 Å². The molecule has 1 aromatic carbocycles. The van der Waals surface area contributed by atoms with E-state index in [0.29, 0.717) is 35.7 Å². The molecule has 26 heavy (non-hydrogen) atoms. The number of rotatable bonds is 8. The van der Waals surface area contributed by atoms with E-state index in [2.05, 4.69) is 19.2 Å². The lowest BCUT2D eigenvalue weighted by molar-refractivity contribution is 0.0652. The van der Waals surface area contributed by atoms with Gasteiger partial charge in [-0.2, -0.15) is 0 Å². The fraction of sp³-hybridized carbons (Fsp3) is 0.550. The van der Waals surface area contributed by atoms with Gasteiger partial charge in [-0.15, -0.1) is 0 Å². The predicted octanol–water partition coefficient (Wildman–Crippen LogP) is 2.58. The van der Waals surface area contributed by atoms with Gasteiger partial charge in [0.1, 0.15) is 0 Å². The van der Waals surface area contributed by atoms with Crippen molar-refractivity contribution < 1.29 is 14.4 Å². The third kappa shape index (κ3) is 4.12. The highest BCUT2D eigenvalue weighted by atomic mass is 16.2. The molecule has 3 N–H and O–H groups in total. The Balaban J connectivity index is 2.22. The molecule has 1 unspecified atom stereocenters. The van der Waals surface area contributed by atoms with E-state index in [1.54, 1.807) is 12.1 Å². The summed E-state index contributed by atoms with van der Waals surface area (Å²) in [5.74, 6) is -0.502. The number of amides is 3. The van der Waals surface area contributed by atoms with Gasteiger partial charge in [-0.25, -0.2) is 0 Å². The van der Waals surface area contributed by atoms with Crippen LogP contribution in [0.25, 0.3) is 0 Å². The Kier molecular flexibility index (Phi) is 6.18. The second-order valence-electron chi connectivity index (χ2n) is 7.69. The number of carbonyl (C=O) groups excluding carboxylic acids is 3. The van der Waals surface area contributed by atoms with Crippen LogP contribution in [0.4, 0.5) is 0 Å². The molecule has 0 bridgehead atoms. The summed E-state index contributed by atoms with van der Waals surface area (Å²) in [5, 5.41) is 2.98. The van der Waals surface area contributed by atoms with Crippen LogP contribution in [-0.2, 0) is 0 Å². The van der Waals surface area contributed by atoms with Gasteiger partial charge in [0.05, 0.1) is 11.1 Å². The van der Waals surface area contributed by atoms with E-state index in [4.69, 9.17) is 5.73 Å². The second-order valence-corrected chi connectivity index (χ2v) is 7.69. The first-order chi connectivity index (χ1) is 12.2. The molecule has 3 amide bonds. The Morgan fingerprint density at radius 2 is 1.88 bits per heavy atom. The number of fused-ring (bicyclic) bond motifs is 1. The maximum atomic E-state index is 12.7. The Morgan fingerprint density at radius 3 is 2.46 bits per heavy atom. The summed E-state index contributed by atoms with van der Waals surface area (Å²) in [6, 6.07) is 4.68. The first-order valence-electron chi connectivity index (χ1n) is 9.25. The SMILES string of the molecule is CCCCN1C(=O)c2ccc(C(=O)NC(C)(CN)CC(C)C)cc2C1=O. The summed E-state index contributed by atoms with van der Waals surface area (Å²) in [4.78, 5) is 38.8. The summed E-state index contributed by atoms with van der Waals surface area (Å²) in [7, 11) is 0. The normalized spacial score (nSPS) is 16.0. The van der Waals surface area contributed by atoms with E-state index in [9.17, 15) is 14.4 Å². The number of nitrogens with one attached hydrogen (secondary N) is 1. The van der Waals surface area contributed by atoms with Gasteiger partial charge in [-0.05, 0) is 43.9 Å². The summed E-state index contributed by atoms with van der Waals surface area (Å²) in [6.07, 6.45) is 2.42. The molecule has 0 radical (unpaired) electrons. The van der Waals surface area contributed by atoms with Crippen LogP contribution in [0, 0.1) is 5.92 Å². The van der Waals surface area contributed by atoms with Gasteiger partial charge >= 0.3 is 0 Å². The van der Waals surface area contributed by atoms with Gasteiger partial charge in [-0.1, -0.05) is 27.2 Å². The first kappa shape index (κ1) is 20.1. The average molecular weight is 359 g/mol. The lowest BCUT2D eigenvalue weighted by Gasteiger charge is -2.31. The number of imide groups is 1. The number of benzene rings is 1. The molecular weight excluding hydrogens is 330 g/mol. The van der Waals surface area contributed by atoms with Crippen LogP contribution >= 0.6 is 0 Å². The number of nitrogens with two attached hydrogens (primary N) is 1. The fourth-order valence-corrected chi connectivity index (χ4v) is 3.38. The Morgan fingerprint density at radius 1 is 1.23 bits per heavy atom. The lowest BCUT2D eigenvalue weighted by atomic mass is 9.90. The minimum Gasteiger partial charge on any atom is -0.346 e. The maximum Gasteiger partial charge on any atom is 0.261 e. The molecule has 2 rings (SSSR count). The molecule has 0 fully saturated rings. The van der Waals surface area contributed by atoms with Crippen molar-refractivity contribution in [3.8, 4) is 0 Å². The summed E-state index contributed by atoms with van der Waals surface area (Å²) in [5.41, 5.74) is 6.38. The molecule has 142 valence electrons. The number of unbranched alkanes of at least 4 members (excludes halogenated alkanes) is 1. The number of nitrogens with zero attached hydrogens (tertiary/aromatic N) is 1. The molecule has 1 aliphatic rings. The van der Waals surface area contributed by atoms with Crippen molar-refractivity contribution in [3.63, 3.8) is 0 Å². The Bertz CT molecular complexity index is 714. The van der Waals surface area contributed by atoms with Gasteiger partial charge in [0.2, 0.25) is 0 Å². The quantitative estimate of drug-likeness (QED) is 0.698. The van der Waals surface area contributed by atoms with E-state index in [1.807, 2.05) is 13.8 Å². The third-order valence-electron chi connectivity index (χ3n) is 4.69. The van der Waals surface area contributed by atoms with Crippen LogP contribution in [0.2, 0.25) is 0 Å². The molecule has 6 nitrogen and oxygen atoms in total. The molecule has 0 saturated heterocycles. The van der Waals surface area contributed by atoms with Crippen LogP contribution in [-0.4, -0.2) is 41.2 Å². The van der Waals surface area contributed by atoms with E-state index in [1.165, 1.54) is 11.0 Å². The van der Waals surface area contributed by atoms with Gasteiger partial charge < -0.3 is 11.1 Å². The maximum absolute atomic E-state index is 12.7. The van der Waals surface area contributed by atoms with Crippen molar-refractivity contribution in [2.45, 2.75) is 52.5 Å². The zero-order chi connectivity index (χ0) is 19.5. The lowest BCUT2D eigenvalue weighted by Crippen LogP contribution is -2.52. The zero-order valence-electron chi connectivity index (χ0n) is 16.1. The number of hydrogen-bond acceptors (Lipinski definition) is 4. The highest BCUT2D eigenvalue weighted by Crippen LogP contribution is 2.25. The topological polar surface area (TPSA) is 92.5 Å². The molecule has 0 spiro atoms. The van der Waals surface area contributed by atoms with Crippen molar-refractivity contribution >= 4 is 17.7 Å². The van der Waals surface area contributed by atoms with E-state index in [-0.39, 0.29) is 17.7 Å². The smallest absolute Gasteiger partial charge is 0.261 e. The summed E-state index contributed by atoms with van der Waals surface area (Å²) in [6.45, 7) is 8.80. The Hall–Kier alpha value is -2.21. The van der Waals surface area contributed by atoms with Gasteiger partial charge in [0.25, 0.3) is 17.7 Å². The predicted molar refractivity (Wildman–Crippen MR) is 101 cm³/mol. The van der Waals surface area contributed by atoms with Crippen molar-refractivity contribution in [2.75, 3.05) is 13.1 Å². The first-order valence-corrected chi connectivity index (χ1v) is 9.25. The van der Waals surface area contributed by atoms with Crippen molar-refractivity contribution in [3.05, 3.63) is 34.9 Å². The van der Waals surface area contributed by atoms with Gasteiger partial charge in [-0.3, -0.25) is 19.3 Å². The summed E-state index contributed by atoms with van der Waals surface area (Å²) < 4.78 is 0. The zero-order valence-corrected chi connectivity index (χ0v) is 16.1. The van der Waals surface area contributed by atoms with E-state index < -0.39 is 5.54 Å². The molecule has 0 aliphatic carbocycles. The molecule has 0 aromatic heterocycles. The molecule has 0 saturated carbocycles. The largest absolute Gasteiger partial charge is 0.346 e. The molecule has 6 heteroatoms. The van der Waals surface area contributed by atoms with Crippen LogP contribution in [0.15, 0.2) is 18.2 Å². The molecule has 1 heterocycles. The molecule has 1 atom stereocenters. The van der Waals surface area contributed by atoms with Crippen LogP contribution in [0.3, 0.4) is 0 Å². The van der Waals surface area contributed by atoms with E-state index >= 15 is 0 Å². The highest BCUT2D eigenvalue weighted by Gasteiger charge is 2.36. The van der Waals surface area contributed by atoms with Crippen molar-refractivity contribution in [1.82, 2.24) is 10.2 Å². The van der Waals surface area contributed by atoms with Crippen molar-refractivity contribution in [2.24, 2.45) is 11.7 Å². The Labute approximate surface area is 155 Å². The van der Waals surface area contributed by atoms with Crippen LogP contribution < -0.4 is 11.1 Å². The van der Waals surface area contributed by atoms with Gasteiger partial charge in [0.15, 0.2) is 0 Å². The van der Waals surface area contributed by atoms with Gasteiger partial charge in [0, 0.05) is 24.2 Å². The molecule has 1 aliphatic heterocycles. The third-order valence-corrected chi connectivity index (χ3v) is 4.69. The fourth-order valence-electron chi connectivity index (χ4n) is 3.38. The summed E-state index contributed by atoms with van der Waals surface area (Å²) >= 11 is 0. The molecular formula is C20H29N3O3. The standard InChI is InChI=1S/C20H29N3O3/c1-5-6-9-23-18(25)15-8-7-14(10-16(15)19(23)26)17(24)22-20(4,12-21)11-13(2)3/h7-8,10,13H,5-6,9,11-12,21H2,1-4H3,(H,22,24). The monoisotopic (exact) mass is 359 g/mol.